The second kappa shape index (κ2) is 5.50. The summed E-state index contributed by atoms with van der Waals surface area (Å²) in [6.45, 7) is 2.39. The summed E-state index contributed by atoms with van der Waals surface area (Å²) in [4.78, 5) is 12.4. The van der Waals surface area contributed by atoms with Crippen molar-refractivity contribution in [1.82, 2.24) is 9.78 Å². The second-order valence-electron chi connectivity index (χ2n) is 5.18. The van der Waals surface area contributed by atoms with E-state index in [0.717, 1.165) is 16.5 Å². The molecule has 2 aromatic carbocycles. The Morgan fingerprint density at radius 2 is 1.86 bits per heavy atom. The van der Waals surface area contributed by atoms with Gasteiger partial charge in [0.15, 0.2) is 0 Å². The maximum absolute atomic E-state index is 12.4. The first-order chi connectivity index (χ1) is 10.2. The van der Waals surface area contributed by atoms with Crippen molar-refractivity contribution in [3.8, 4) is 0 Å². The number of aromatic nitrogens is 2. The lowest BCUT2D eigenvalue weighted by Crippen LogP contribution is -2.29. The maximum Gasteiger partial charge on any atom is 0.274 e. The number of hydrogen-bond donors (Lipinski definition) is 1. The minimum absolute atomic E-state index is 0.0999. The van der Waals surface area contributed by atoms with Crippen LogP contribution in [0.15, 0.2) is 59.5 Å². The minimum Gasteiger partial charge on any atom is -0.322 e. The van der Waals surface area contributed by atoms with Crippen LogP contribution in [-0.2, 0) is 6.54 Å². The number of nitrogens with two attached hydrogens (primary N) is 1. The van der Waals surface area contributed by atoms with Crippen LogP contribution in [0.4, 0.5) is 0 Å². The van der Waals surface area contributed by atoms with Gasteiger partial charge in [0, 0.05) is 11.4 Å². The Kier molecular flexibility index (Phi) is 3.54. The minimum atomic E-state index is -0.252. The quantitative estimate of drug-likeness (QED) is 0.801. The van der Waals surface area contributed by atoms with E-state index in [2.05, 4.69) is 5.10 Å². The fourth-order valence-corrected chi connectivity index (χ4v) is 2.55. The highest BCUT2D eigenvalue weighted by Crippen LogP contribution is 2.16. The smallest absolute Gasteiger partial charge is 0.274 e. The van der Waals surface area contributed by atoms with Crippen LogP contribution in [-0.4, -0.2) is 9.78 Å². The third-order valence-corrected chi connectivity index (χ3v) is 3.72. The molecule has 0 saturated heterocycles. The number of nitrogens with zero attached hydrogens (tertiary/aromatic N) is 2. The average Bonchev–Trinajstić information content (AvgIpc) is 2.51. The molecule has 0 radical (unpaired) electrons. The summed E-state index contributed by atoms with van der Waals surface area (Å²) in [5, 5.41) is 5.75. The molecule has 0 fully saturated rings. The molecule has 1 heterocycles. The van der Waals surface area contributed by atoms with Crippen LogP contribution >= 0.6 is 0 Å². The SMILES string of the molecule is Cc1ccccc1C(N)Cn1ncc2ccccc2c1=O. The van der Waals surface area contributed by atoms with Crippen LogP contribution in [0.5, 0.6) is 0 Å². The fraction of sp³-hybridized carbons (Fsp3) is 0.176. The molecule has 0 bridgehead atoms. The summed E-state index contributed by atoms with van der Waals surface area (Å²) in [5.74, 6) is 0. The third kappa shape index (κ3) is 2.58. The second-order valence-corrected chi connectivity index (χ2v) is 5.18. The van der Waals surface area contributed by atoms with Crippen molar-refractivity contribution in [3.63, 3.8) is 0 Å². The molecule has 0 spiro atoms. The zero-order chi connectivity index (χ0) is 14.8. The molecule has 3 aromatic rings. The van der Waals surface area contributed by atoms with Gasteiger partial charge in [0.2, 0.25) is 0 Å². The fourth-order valence-electron chi connectivity index (χ4n) is 2.55. The number of aryl methyl sites for hydroxylation is 1. The van der Waals surface area contributed by atoms with Crippen LogP contribution in [0.1, 0.15) is 17.2 Å². The molecule has 0 aliphatic carbocycles. The van der Waals surface area contributed by atoms with Crippen molar-refractivity contribution < 1.29 is 0 Å². The molecule has 0 amide bonds. The largest absolute Gasteiger partial charge is 0.322 e. The summed E-state index contributed by atoms with van der Waals surface area (Å²) in [6.07, 6.45) is 1.71. The maximum atomic E-state index is 12.4. The Balaban J connectivity index is 1.97. The van der Waals surface area contributed by atoms with Crippen molar-refractivity contribution in [2.75, 3.05) is 0 Å². The molecule has 1 aromatic heterocycles. The van der Waals surface area contributed by atoms with E-state index >= 15 is 0 Å². The van der Waals surface area contributed by atoms with Gasteiger partial charge >= 0.3 is 0 Å². The Hall–Kier alpha value is -2.46. The molecule has 3 rings (SSSR count). The average molecular weight is 279 g/mol. The molecule has 4 heteroatoms. The number of rotatable bonds is 3. The standard InChI is InChI=1S/C17H17N3O/c1-12-6-2-4-8-14(12)16(18)11-20-17(21)15-9-5-3-7-13(15)10-19-20/h2-10,16H,11,18H2,1H3. The monoisotopic (exact) mass is 279 g/mol. The molecule has 0 aliphatic rings. The summed E-state index contributed by atoms with van der Waals surface area (Å²) in [7, 11) is 0. The van der Waals surface area contributed by atoms with E-state index in [1.165, 1.54) is 4.68 Å². The summed E-state index contributed by atoms with van der Waals surface area (Å²) in [6, 6.07) is 15.1. The molecule has 106 valence electrons. The zero-order valence-electron chi connectivity index (χ0n) is 11.9. The van der Waals surface area contributed by atoms with Crippen LogP contribution < -0.4 is 11.3 Å². The lowest BCUT2D eigenvalue weighted by Gasteiger charge is -2.15. The molecule has 2 N–H and O–H groups in total. The van der Waals surface area contributed by atoms with Crippen molar-refractivity contribution in [2.24, 2.45) is 5.73 Å². The predicted molar refractivity (Wildman–Crippen MR) is 84.1 cm³/mol. The van der Waals surface area contributed by atoms with Gasteiger partial charge in [-0.1, -0.05) is 42.5 Å². The molecule has 21 heavy (non-hydrogen) atoms. The van der Waals surface area contributed by atoms with Crippen molar-refractivity contribution in [1.29, 1.82) is 0 Å². The van der Waals surface area contributed by atoms with E-state index in [9.17, 15) is 4.79 Å². The van der Waals surface area contributed by atoms with Crippen molar-refractivity contribution in [3.05, 3.63) is 76.2 Å². The lowest BCUT2D eigenvalue weighted by atomic mass is 10.0. The van der Waals surface area contributed by atoms with Crippen LogP contribution in [0, 0.1) is 6.92 Å². The van der Waals surface area contributed by atoms with Gasteiger partial charge in [-0.05, 0) is 24.1 Å². The number of benzene rings is 2. The first kappa shape index (κ1) is 13.5. The summed E-state index contributed by atoms with van der Waals surface area (Å²) in [5.41, 5.74) is 8.31. The van der Waals surface area contributed by atoms with Crippen LogP contribution in [0.25, 0.3) is 10.8 Å². The zero-order valence-corrected chi connectivity index (χ0v) is 11.9. The Labute approximate surface area is 122 Å². The number of hydrogen-bond acceptors (Lipinski definition) is 3. The van der Waals surface area contributed by atoms with E-state index in [0.29, 0.717) is 11.9 Å². The van der Waals surface area contributed by atoms with Gasteiger partial charge in [0.05, 0.1) is 18.1 Å². The molecule has 1 atom stereocenters. The van der Waals surface area contributed by atoms with E-state index in [4.69, 9.17) is 5.73 Å². The van der Waals surface area contributed by atoms with E-state index in [1.807, 2.05) is 55.5 Å². The van der Waals surface area contributed by atoms with Gasteiger partial charge < -0.3 is 5.73 Å². The van der Waals surface area contributed by atoms with E-state index in [-0.39, 0.29) is 11.6 Å². The third-order valence-electron chi connectivity index (χ3n) is 3.72. The van der Waals surface area contributed by atoms with Gasteiger partial charge in [-0.3, -0.25) is 4.79 Å². The highest BCUT2D eigenvalue weighted by molar-refractivity contribution is 5.80. The highest BCUT2D eigenvalue weighted by Gasteiger charge is 2.12. The highest BCUT2D eigenvalue weighted by atomic mass is 16.1. The van der Waals surface area contributed by atoms with Crippen molar-refractivity contribution in [2.45, 2.75) is 19.5 Å². The Morgan fingerprint density at radius 1 is 1.14 bits per heavy atom. The summed E-state index contributed by atoms with van der Waals surface area (Å²) >= 11 is 0. The van der Waals surface area contributed by atoms with E-state index in [1.54, 1.807) is 6.20 Å². The molecule has 0 aliphatic heterocycles. The van der Waals surface area contributed by atoms with Gasteiger partial charge in [-0.15, -0.1) is 0 Å². The normalized spacial score (nSPS) is 12.5. The summed E-state index contributed by atoms with van der Waals surface area (Å²) < 4.78 is 1.44. The Bertz CT molecular complexity index is 839. The molecular formula is C17H17N3O. The van der Waals surface area contributed by atoms with Gasteiger partial charge in [-0.2, -0.15) is 5.10 Å². The molecular weight excluding hydrogens is 262 g/mol. The first-order valence-corrected chi connectivity index (χ1v) is 6.93. The van der Waals surface area contributed by atoms with Gasteiger partial charge in [-0.25, -0.2) is 4.68 Å². The molecule has 0 saturated carbocycles. The first-order valence-electron chi connectivity index (χ1n) is 6.93. The number of fused-ring (bicyclic) bond motifs is 1. The molecule has 4 nitrogen and oxygen atoms in total. The van der Waals surface area contributed by atoms with Gasteiger partial charge in [0.25, 0.3) is 5.56 Å². The van der Waals surface area contributed by atoms with Crippen LogP contribution in [0.2, 0.25) is 0 Å². The predicted octanol–water partition coefficient (Wildman–Crippen LogP) is 2.40. The molecule has 1 unspecified atom stereocenters. The van der Waals surface area contributed by atoms with Gasteiger partial charge in [0.1, 0.15) is 0 Å². The lowest BCUT2D eigenvalue weighted by molar-refractivity contribution is 0.506. The topological polar surface area (TPSA) is 60.9 Å². The van der Waals surface area contributed by atoms with E-state index < -0.39 is 0 Å². The van der Waals surface area contributed by atoms with Crippen molar-refractivity contribution >= 4 is 10.8 Å². The van der Waals surface area contributed by atoms with Crippen LogP contribution in [0.3, 0.4) is 0 Å². The Morgan fingerprint density at radius 3 is 2.67 bits per heavy atom.